The van der Waals surface area contributed by atoms with E-state index in [-0.39, 0.29) is 35.3 Å². The minimum atomic E-state index is -4.61. The van der Waals surface area contributed by atoms with Crippen molar-refractivity contribution in [3.05, 3.63) is 52.8 Å². The predicted octanol–water partition coefficient (Wildman–Crippen LogP) is 4.77. The summed E-state index contributed by atoms with van der Waals surface area (Å²) in [7, 11) is 0. The van der Waals surface area contributed by atoms with Gasteiger partial charge < -0.3 is 4.90 Å². The molecule has 0 bridgehead atoms. The molecule has 1 aliphatic heterocycles. The number of hydrogen-bond donors (Lipinski definition) is 0. The number of nitrogens with zero attached hydrogens (tertiary/aromatic N) is 4. The molecule has 162 valence electrons. The van der Waals surface area contributed by atoms with E-state index in [0.29, 0.717) is 30.1 Å². The average Bonchev–Trinajstić information content (AvgIpc) is 3.15. The first-order valence-corrected chi connectivity index (χ1v) is 10.6. The molecule has 1 aromatic carbocycles. The smallest absolute Gasteiger partial charge is 0.334 e. The summed E-state index contributed by atoms with van der Waals surface area (Å²) in [6.45, 7) is 4.62. The summed E-state index contributed by atoms with van der Waals surface area (Å²) < 4.78 is 43.3. The molecule has 2 aliphatic rings. The molecule has 1 aliphatic carbocycles. The topological polar surface area (TPSA) is 50.5 Å². The van der Waals surface area contributed by atoms with Crippen LogP contribution in [0.2, 0.25) is 0 Å². The molecule has 5 rings (SSSR count). The highest BCUT2D eigenvalue weighted by molar-refractivity contribution is 5.93. The van der Waals surface area contributed by atoms with Gasteiger partial charge in [-0.15, -0.1) is 0 Å². The lowest BCUT2D eigenvalue weighted by Gasteiger charge is -2.36. The van der Waals surface area contributed by atoms with E-state index in [4.69, 9.17) is 0 Å². The number of halogens is 3. The Morgan fingerprint density at radius 1 is 1.13 bits per heavy atom. The molecule has 5 nitrogen and oxygen atoms in total. The zero-order chi connectivity index (χ0) is 21.9. The van der Waals surface area contributed by atoms with Crippen LogP contribution in [0.1, 0.15) is 54.0 Å². The van der Waals surface area contributed by atoms with Crippen molar-refractivity contribution in [1.82, 2.24) is 19.5 Å². The third-order valence-electron chi connectivity index (χ3n) is 6.48. The highest BCUT2D eigenvalue weighted by Gasteiger charge is 2.40. The average molecular weight is 428 g/mol. The Balaban J connectivity index is 1.68. The van der Waals surface area contributed by atoms with Crippen LogP contribution in [0, 0.1) is 5.92 Å². The van der Waals surface area contributed by atoms with Gasteiger partial charge in [0.05, 0.1) is 5.69 Å². The number of likely N-dealkylation sites (tertiary alicyclic amines) is 1. The van der Waals surface area contributed by atoms with E-state index < -0.39 is 11.9 Å². The summed E-state index contributed by atoms with van der Waals surface area (Å²) in [6.07, 6.45) is -1.97. The molecule has 1 amide bonds. The van der Waals surface area contributed by atoms with Crippen molar-refractivity contribution in [2.45, 2.75) is 51.7 Å². The van der Waals surface area contributed by atoms with Gasteiger partial charge in [0.25, 0.3) is 5.91 Å². The van der Waals surface area contributed by atoms with E-state index in [1.54, 1.807) is 17.0 Å². The minimum absolute atomic E-state index is 0.00887. The molecule has 0 saturated carbocycles. The monoisotopic (exact) mass is 428 g/mol. The van der Waals surface area contributed by atoms with Gasteiger partial charge in [-0.3, -0.25) is 4.79 Å². The first kappa shape index (κ1) is 20.0. The molecule has 2 aromatic heterocycles. The number of fused-ring (bicyclic) bond motifs is 4. The number of benzene rings is 1. The predicted molar refractivity (Wildman–Crippen MR) is 110 cm³/mol. The van der Waals surface area contributed by atoms with Gasteiger partial charge in [0.1, 0.15) is 0 Å². The number of aromatic nitrogens is 3. The molecule has 2 atom stereocenters. The standard InChI is InChI=1S/C23H23F3N4O/c1-13-7-8-14(2)29(12-13)22(31)18-11-19-27-20-16-6-4-3-5-15(16)9-10-17(20)21(23(24,25)26)30(19)28-18/h3-6,11,13-14H,7-10,12H2,1-2H3/t13-,14-/m0/s1. The second-order valence-corrected chi connectivity index (χ2v) is 8.73. The summed E-state index contributed by atoms with van der Waals surface area (Å²) in [4.78, 5) is 19.4. The van der Waals surface area contributed by atoms with E-state index in [1.807, 2.05) is 19.1 Å². The Morgan fingerprint density at radius 3 is 2.68 bits per heavy atom. The Kier molecular flexibility index (Phi) is 4.57. The second-order valence-electron chi connectivity index (χ2n) is 8.73. The summed E-state index contributed by atoms with van der Waals surface area (Å²) >= 11 is 0. The van der Waals surface area contributed by atoms with Gasteiger partial charge in [0, 0.05) is 29.8 Å². The van der Waals surface area contributed by atoms with Crippen molar-refractivity contribution in [3.8, 4) is 11.3 Å². The number of rotatable bonds is 1. The molecule has 3 aromatic rings. The fraction of sp³-hybridized carbons (Fsp3) is 0.435. The SMILES string of the molecule is C[C@H]1CC[C@H](C)N(C(=O)c2cc3nc4c(c(C(F)(F)F)n3n2)CCc2ccccc2-4)C1. The Morgan fingerprint density at radius 2 is 1.90 bits per heavy atom. The summed E-state index contributed by atoms with van der Waals surface area (Å²) in [5.41, 5.74) is 1.39. The molecule has 1 fully saturated rings. The lowest BCUT2D eigenvalue weighted by Crippen LogP contribution is -2.45. The van der Waals surface area contributed by atoms with Gasteiger partial charge in [-0.05, 0) is 44.1 Å². The van der Waals surface area contributed by atoms with Crippen LogP contribution in [0.25, 0.3) is 16.9 Å². The van der Waals surface area contributed by atoms with Crippen LogP contribution in [-0.4, -0.2) is 38.0 Å². The van der Waals surface area contributed by atoms with Gasteiger partial charge >= 0.3 is 6.18 Å². The van der Waals surface area contributed by atoms with Crippen molar-refractivity contribution >= 4 is 11.6 Å². The molecular weight excluding hydrogens is 405 g/mol. The van der Waals surface area contributed by atoms with Crippen LogP contribution >= 0.6 is 0 Å². The normalized spacial score (nSPS) is 21.1. The van der Waals surface area contributed by atoms with Crippen LogP contribution in [-0.2, 0) is 19.0 Å². The zero-order valence-electron chi connectivity index (χ0n) is 17.4. The van der Waals surface area contributed by atoms with Gasteiger partial charge in [0.15, 0.2) is 17.0 Å². The number of aryl methyl sites for hydroxylation is 1. The number of amides is 1. The van der Waals surface area contributed by atoms with E-state index in [9.17, 15) is 18.0 Å². The van der Waals surface area contributed by atoms with Crippen LogP contribution in [0.5, 0.6) is 0 Å². The highest BCUT2D eigenvalue weighted by atomic mass is 19.4. The Hall–Kier alpha value is -2.90. The molecular formula is C23H23F3N4O. The van der Waals surface area contributed by atoms with Crippen molar-refractivity contribution in [3.63, 3.8) is 0 Å². The van der Waals surface area contributed by atoms with Crippen molar-refractivity contribution in [2.24, 2.45) is 5.92 Å². The number of hydrogen-bond acceptors (Lipinski definition) is 3. The number of carbonyl (C=O) groups is 1. The Bertz CT molecular complexity index is 1180. The van der Waals surface area contributed by atoms with Crippen LogP contribution in [0.4, 0.5) is 13.2 Å². The molecule has 0 unspecified atom stereocenters. The first-order valence-electron chi connectivity index (χ1n) is 10.6. The minimum Gasteiger partial charge on any atom is -0.334 e. The molecule has 31 heavy (non-hydrogen) atoms. The number of piperidine rings is 1. The van der Waals surface area contributed by atoms with E-state index in [0.717, 1.165) is 22.9 Å². The quantitative estimate of drug-likeness (QED) is 0.561. The Labute approximate surface area is 177 Å². The molecule has 0 N–H and O–H groups in total. The fourth-order valence-electron chi connectivity index (χ4n) is 4.84. The highest BCUT2D eigenvalue weighted by Crippen LogP contribution is 2.40. The van der Waals surface area contributed by atoms with Gasteiger partial charge in [-0.1, -0.05) is 31.2 Å². The van der Waals surface area contributed by atoms with Crippen LogP contribution in [0.3, 0.4) is 0 Å². The second kappa shape index (κ2) is 7.07. The lowest BCUT2D eigenvalue weighted by molar-refractivity contribution is -0.143. The van der Waals surface area contributed by atoms with Gasteiger partial charge in [-0.25, -0.2) is 9.50 Å². The number of carbonyl (C=O) groups excluding carboxylic acids is 1. The number of alkyl halides is 3. The first-order chi connectivity index (χ1) is 14.7. The van der Waals surface area contributed by atoms with E-state index in [1.165, 1.54) is 6.07 Å². The van der Waals surface area contributed by atoms with E-state index in [2.05, 4.69) is 17.0 Å². The van der Waals surface area contributed by atoms with Crippen LogP contribution < -0.4 is 0 Å². The third kappa shape index (κ3) is 3.28. The lowest BCUT2D eigenvalue weighted by atomic mass is 9.88. The third-order valence-corrected chi connectivity index (χ3v) is 6.48. The molecule has 8 heteroatoms. The van der Waals surface area contributed by atoms with Crippen molar-refractivity contribution < 1.29 is 18.0 Å². The molecule has 0 radical (unpaired) electrons. The maximum absolute atomic E-state index is 14.2. The summed E-state index contributed by atoms with van der Waals surface area (Å²) in [6, 6.07) is 8.82. The van der Waals surface area contributed by atoms with E-state index >= 15 is 0 Å². The zero-order valence-corrected chi connectivity index (χ0v) is 17.4. The van der Waals surface area contributed by atoms with Crippen molar-refractivity contribution in [2.75, 3.05) is 6.54 Å². The maximum Gasteiger partial charge on any atom is 0.433 e. The fourth-order valence-corrected chi connectivity index (χ4v) is 4.84. The summed E-state index contributed by atoms with van der Waals surface area (Å²) in [5, 5.41) is 4.12. The maximum atomic E-state index is 14.2. The molecule has 1 saturated heterocycles. The van der Waals surface area contributed by atoms with Gasteiger partial charge in [0.2, 0.25) is 0 Å². The molecule has 0 spiro atoms. The van der Waals surface area contributed by atoms with Gasteiger partial charge in [-0.2, -0.15) is 18.3 Å². The van der Waals surface area contributed by atoms with Crippen molar-refractivity contribution in [1.29, 1.82) is 0 Å². The molecule has 3 heterocycles. The summed E-state index contributed by atoms with van der Waals surface area (Å²) in [5.74, 6) is 0.0147. The van der Waals surface area contributed by atoms with Crippen LogP contribution in [0.15, 0.2) is 30.3 Å². The largest absolute Gasteiger partial charge is 0.433 e.